The smallest absolute Gasteiger partial charge is 0.407 e. The third kappa shape index (κ3) is 2.16. The lowest BCUT2D eigenvalue weighted by molar-refractivity contribution is 0.140. The lowest BCUT2D eigenvalue weighted by Gasteiger charge is -2.23. The summed E-state index contributed by atoms with van der Waals surface area (Å²) in [6, 6.07) is 1.53. The second-order valence-corrected chi connectivity index (χ2v) is 7.34. The molecule has 5 nitrogen and oxygen atoms in total. The van der Waals surface area contributed by atoms with Gasteiger partial charge in [0.25, 0.3) is 9.05 Å². The fraction of sp³-hybridized carbons (Fsp3) is 0.375. The molecule has 2 rings (SSSR count). The molecule has 1 aliphatic rings. The van der Waals surface area contributed by atoms with E-state index in [-0.39, 0.29) is 10.8 Å². The van der Waals surface area contributed by atoms with E-state index in [0.717, 1.165) is 21.8 Å². The van der Waals surface area contributed by atoms with E-state index in [0.29, 0.717) is 13.0 Å². The van der Waals surface area contributed by atoms with Crippen molar-refractivity contribution in [1.82, 2.24) is 4.90 Å². The standard InChI is InChI=1S/C8H8ClNO4S2/c9-16(13,14)7-3-5-1-2-10(8(11)12)4-6(5)15-7/h3H,1-2,4H2,(H,11,12). The van der Waals surface area contributed by atoms with Crippen LogP contribution in [0.5, 0.6) is 0 Å². The molecule has 0 aliphatic carbocycles. The molecule has 0 radical (unpaired) electrons. The van der Waals surface area contributed by atoms with Crippen LogP contribution in [0.4, 0.5) is 4.79 Å². The molecular formula is C8H8ClNO4S2. The molecule has 0 unspecified atom stereocenters. The zero-order valence-electron chi connectivity index (χ0n) is 8.01. The van der Waals surface area contributed by atoms with Gasteiger partial charge in [-0.15, -0.1) is 11.3 Å². The Morgan fingerprint density at radius 2 is 2.25 bits per heavy atom. The SMILES string of the molecule is O=C(O)N1CCc2cc(S(=O)(=O)Cl)sc2C1. The van der Waals surface area contributed by atoms with E-state index in [1.807, 2.05) is 0 Å². The van der Waals surface area contributed by atoms with Gasteiger partial charge in [0.05, 0.1) is 6.54 Å². The minimum absolute atomic E-state index is 0.0893. The van der Waals surface area contributed by atoms with E-state index in [2.05, 4.69) is 0 Å². The van der Waals surface area contributed by atoms with Gasteiger partial charge in [-0.3, -0.25) is 0 Å². The first-order chi connectivity index (χ1) is 7.38. The lowest BCUT2D eigenvalue weighted by Crippen LogP contribution is -2.33. The van der Waals surface area contributed by atoms with Crippen LogP contribution in [0.2, 0.25) is 0 Å². The van der Waals surface area contributed by atoms with Crippen molar-refractivity contribution in [2.45, 2.75) is 17.2 Å². The Balaban J connectivity index is 2.34. The van der Waals surface area contributed by atoms with Crippen molar-refractivity contribution in [3.63, 3.8) is 0 Å². The Morgan fingerprint density at radius 1 is 1.56 bits per heavy atom. The van der Waals surface area contributed by atoms with E-state index in [9.17, 15) is 13.2 Å². The summed E-state index contributed by atoms with van der Waals surface area (Å²) in [5, 5.41) is 8.82. The van der Waals surface area contributed by atoms with Crippen LogP contribution in [0.25, 0.3) is 0 Å². The molecule has 0 bridgehead atoms. The molecule has 0 spiro atoms. The number of hydrogen-bond donors (Lipinski definition) is 1. The summed E-state index contributed by atoms with van der Waals surface area (Å²) in [5.41, 5.74) is 0.877. The first-order valence-corrected chi connectivity index (χ1v) is 7.54. The molecule has 8 heteroatoms. The molecule has 1 aromatic rings. The summed E-state index contributed by atoms with van der Waals surface area (Å²) in [6.07, 6.45) is -0.459. The van der Waals surface area contributed by atoms with E-state index in [1.165, 1.54) is 11.0 Å². The van der Waals surface area contributed by atoms with E-state index in [1.54, 1.807) is 0 Å². The van der Waals surface area contributed by atoms with Crippen LogP contribution >= 0.6 is 22.0 Å². The van der Waals surface area contributed by atoms with Crippen LogP contribution in [0, 0.1) is 0 Å². The number of fused-ring (bicyclic) bond motifs is 1. The number of carbonyl (C=O) groups is 1. The molecule has 0 fully saturated rings. The summed E-state index contributed by atoms with van der Waals surface area (Å²) >= 11 is 1.04. The van der Waals surface area contributed by atoms with Crippen LogP contribution in [0.15, 0.2) is 10.3 Å². The molecule has 1 aromatic heterocycles. The number of carboxylic acid groups (broad SMARTS) is 1. The summed E-state index contributed by atoms with van der Waals surface area (Å²) < 4.78 is 22.3. The van der Waals surface area contributed by atoms with Crippen molar-refractivity contribution in [2.24, 2.45) is 0 Å². The van der Waals surface area contributed by atoms with Crippen LogP contribution < -0.4 is 0 Å². The van der Waals surface area contributed by atoms with Crippen LogP contribution in [0.3, 0.4) is 0 Å². The summed E-state index contributed by atoms with van der Waals surface area (Å²) in [4.78, 5) is 12.8. The topological polar surface area (TPSA) is 74.7 Å². The highest BCUT2D eigenvalue weighted by atomic mass is 35.7. The monoisotopic (exact) mass is 281 g/mol. The molecule has 1 aliphatic heterocycles. The Hall–Kier alpha value is -0.790. The Bertz CT molecular complexity index is 536. The van der Waals surface area contributed by atoms with Crippen molar-refractivity contribution >= 4 is 37.2 Å². The van der Waals surface area contributed by atoms with E-state index < -0.39 is 15.1 Å². The number of hydrogen-bond acceptors (Lipinski definition) is 4. The molecule has 0 aromatic carbocycles. The highest BCUT2D eigenvalue weighted by Crippen LogP contribution is 2.32. The zero-order valence-corrected chi connectivity index (χ0v) is 10.4. The van der Waals surface area contributed by atoms with Gasteiger partial charge < -0.3 is 10.0 Å². The minimum Gasteiger partial charge on any atom is -0.465 e. The number of amides is 1. The van der Waals surface area contributed by atoms with Crippen molar-refractivity contribution in [1.29, 1.82) is 0 Å². The molecule has 88 valence electrons. The molecule has 16 heavy (non-hydrogen) atoms. The van der Waals surface area contributed by atoms with Crippen molar-refractivity contribution < 1.29 is 18.3 Å². The van der Waals surface area contributed by atoms with Crippen molar-refractivity contribution in [3.05, 3.63) is 16.5 Å². The molecule has 1 amide bonds. The molecular weight excluding hydrogens is 274 g/mol. The van der Waals surface area contributed by atoms with Crippen LogP contribution in [-0.2, 0) is 22.0 Å². The van der Waals surface area contributed by atoms with Gasteiger partial charge >= 0.3 is 6.09 Å². The van der Waals surface area contributed by atoms with E-state index in [4.69, 9.17) is 15.8 Å². The average molecular weight is 282 g/mol. The normalized spacial score (nSPS) is 15.9. The van der Waals surface area contributed by atoms with Gasteiger partial charge in [0.2, 0.25) is 0 Å². The van der Waals surface area contributed by atoms with Gasteiger partial charge in [0.1, 0.15) is 4.21 Å². The second kappa shape index (κ2) is 3.90. The van der Waals surface area contributed by atoms with Gasteiger partial charge in [0, 0.05) is 22.1 Å². The van der Waals surface area contributed by atoms with Gasteiger partial charge in [-0.2, -0.15) is 0 Å². The van der Waals surface area contributed by atoms with E-state index >= 15 is 0 Å². The summed E-state index contributed by atoms with van der Waals surface area (Å²) in [5.74, 6) is 0. The van der Waals surface area contributed by atoms with Crippen molar-refractivity contribution in [3.8, 4) is 0 Å². The van der Waals surface area contributed by atoms with Crippen LogP contribution in [0.1, 0.15) is 10.4 Å². The summed E-state index contributed by atoms with van der Waals surface area (Å²) in [7, 11) is 1.52. The van der Waals surface area contributed by atoms with Gasteiger partial charge in [-0.25, -0.2) is 13.2 Å². The number of rotatable bonds is 1. The fourth-order valence-electron chi connectivity index (χ4n) is 1.58. The van der Waals surface area contributed by atoms with Gasteiger partial charge in [0.15, 0.2) is 0 Å². The Morgan fingerprint density at radius 3 is 2.81 bits per heavy atom. The number of nitrogens with zero attached hydrogens (tertiary/aromatic N) is 1. The largest absolute Gasteiger partial charge is 0.465 e. The molecule has 0 atom stereocenters. The minimum atomic E-state index is -3.71. The second-order valence-electron chi connectivity index (χ2n) is 3.41. The molecule has 0 saturated carbocycles. The number of halogens is 1. The maximum Gasteiger partial charge on any atom is 0.407 e. The molecule has 2 heterocycles. The highest BCUT2D eigenvalue weighted by molar-refractivity contribution is 8.15. The quantitative estimate of drug-likeness (QED) is 0.795. The maximum atomic E-state index is 11.1. The van der Waals surface area contributed by atoms with Crippen LogP contribution in [-0.4, -0.2) is 31.1 Å². The third-order valence-electron chi connectivity index (χ3n) is 2.37. The predicted molar refractivity (Wildman–Crippen MR) is 59.5 cm³/mol. The predicted octanol–water partition coefficient (Wildman–Crippen LogP) is 1.71. The lowest BCUT2D eigenvalue weighted by atomic mass is 10.1. The highest BCUT2D eigenvalue weighted by Gasteiger charge is 2.25. The average Bonchev–Trinajstić information content (AvgIpc) is 2.58. The Kier molecular flexibility index (Phi) is 2.85. The van der Waals surface area contributed by atoms with Crippen molar-refractivity contribution in [2.75, 3.05) is 6.54 Å². The van der Waals surface area contributed by atoms with Gasteiger partial charge in [-0.1, -0.05) is 0 Å². The van der Waals surface area contributed by atoms with Gasteiger partial charge in [-0.05, 0) is 18.1 Å². The third-order valence-corrected chi connectivity index (χ3v) is 5.61. The molecule has 1 N–H and O–H groups in total. The summed E-state index contributed by atoms with van der Waals surface area (Å²) in [6.45, 7) is 0.628. The number of thiophene rings is 1. The Labute approximate surface area is 101 Å². The zero-order chi connectivity index (χ0) is 11.9. The first kappa shape index (κ1) is 11.7. The maximum absolute atomic E-state index is 11.1. The first-order valence-electron chi connectivity index (χ1n) is 4.42. The fourth-order valence-corrected chi connectivity index (χ4v) is 3.93. The molecule has 0 saturated heterocycles.